The molecule has 1 aliphatic rings. The van der Waals surface area contributed by atoms with Crippen molar-refractivity contribution in [1.82, 2.24) is 0 Å². The lowest BCUT2D eigenvalue weighted by Gasteiger charge is -2.03. The molecule has 108 valence electrons. The fourth-order valence-electron chi connectivity index (χ4n) is 2.68. The lowest BCUT2D eigenvalue weighted by atomic mass is 10.1. The molecule has 2 atom stereocenters. The molecule has 1 fully saturated rings. The van der Waals surface area contributed by atoms with E-state index in [9.17, 15) is 0 Å². The maximum atomic E-state index is 5.52. The Morgan fingerprint density at radius 2 is 1.56 bits per heavy atom. The van der Waals surface area contributed by atoms with Crippen LogP contribution in [0.3, 0.4) is 0 Å². The predicted octanol–water partition coefficient (Wildman–Crippen LogP) is 4.43. The Morgan fingerprint density at radius 1 is 0.833 bits per heavy atom. The Morgan fingerprint density at radius 3 is 2.33 bits per heavy atom. The minimum atomic E-state index is 0.728. The van der Waals surface area contributed by atoms with E-state index >= 15 is 0 Å². The highest BCUT2D eigenvalue weighted by Crippen LogP contribution is 2.44. The van der Waals surface area contributed by atoms with Crippen LogP contribution in [0.15, 0.2) is 0 Å². The summed E-state index contributed by atoms with van der Waals surface area (Å²) in [4.78, 5) is 0. The second-order valence-electron chi connectivity index (χ2n) is 5.71. The predicted molar refractivity (Wildman–Crippen MR) is 76.9 cm³/mol. The van der Waals surface area contributed by atoms with E-state index in [0.717, 1.165) is 31.7 Å². The Balaban J connectivity index is 1.77. The molecule has 0 radical (unpaired) electrons. The van der Waals surface area contributed by atoms with Gasteiger partial charge in [-0.25, -0.2) is 0 Å². The van der Waals surface area contributed by atoms with Gasteiger partial charge in [0.1, 0.15) is 0 Å². The summed E-state index contributed by atoms with van der Waals surface area (Å²) in [5, 5.41) is 0. The van der Waals surface area contributed by atoms with Crippen molar-refractivity contribution in [3.05, 3.63) is 0 Å². The SMILES string of the molecule is CCCCCCCCC1CC1CCOCCOC. The van der Waals surface area contributed by atoms with Gasteiger partial charge in [-0.2, -0.15) is 0 Å². The van der Waals surface area contributed by atoms with Gasteiger partial charge in [0.15, 0.2) is 0 Å². The first-order valence-corrected chi connectivity index (χ1v) is 7.95. The van der Waals surface area contributed by atoms with Crippen LogP contribution in [-0.2, 0) is 9.47 Å². The quantitative estimate of drug-likeness (QED) is 0.454. The van der Waals surface area contributed by atoms with Crippen molar-refractivity contribution < 1.29 is 9.47 Å². The molecule has 0 bridgehead atoms. The molecule has 0 spiro atoms. The van der Waals surface area contributed by atoms with Crippen LogP contribution < -0.4 is 0 Å². The minimum absolute atomic E-state index is 0.728. The third-order valence-corrected chi connectivity index (χ3v) is 4.06. The summed E-state index contributed by atoms with van der Waals surface area (Å²) in [6.07, 6.45) is 12.8. The number of ether oxygens (including phenoxy) is 2. The Bertz CT molecular complexity index is 182. The summed E-state index contributed by atoms with van der Waals surface area (Å²) in [5.74, 6) is 2.00. The average Bonchev–Trinajstić information content (AvgIpc) is 3.12. The third kappa shape index (κ3) is 8.10. The van der Waals surface area contributed by atoms with Crippen molar-refractivity contribution in [2.45, 2.75) is 64.7 Å². The van der Waals surface area contributed by atoms with Gasteiger partial charge in [-0.1, -0.05) is 51.9 Å². The molecule has 2 unspecified atom stereocenters. The van der Waals surface area contributed by atoms with Crippen LogP contribution in [0.4, 0.5) is 0 Å². The molecule has 0 aliphatic heterocycles. The van der Waals surface area contributed by atoms with Gasteiger partial charge in [-0.05, 0) is 24.7 Å². The Kier molecular flexibility index (Phi) is 9.59. The van der Waals surface area contributed by atoms with Gasteiger partial charge in [-0.3, -0.25) is 0 Å². The van der Waals surface area contributed by atoms with E-state index in [4.69, 9.17) is 9.47 Å². The van der Waals surface area contributed by atoms with Crippen LogP contribution in [-0.4, -0.2) is 26.9 Å². The van der Waals surface area contributed by atoms with E-state index in [2.05, 4.69) is 6.92 Å². The van der Waals surface area contributed by atoms with Gasteiger partial charge in [0.25, 0.3) is 0 Å². The van der Waals surface area contributed by atoms with Gasteiger partial charge >= 0.3 is 0 Å². The first kappa shape index (κ1) is 16.0. The second-order valence-corrected chi connectivity index (χ2v) is 5.71. The van der Waals surface area contributed by atoms with Crippen LogP contribution >= 0.6 is 0 Å². The molecule has 0 saturated heterocycles. The monoisotopic (exact) mass is 256 g/mol. The molecule has 2 heteroatoms. The molecule has 1 saturated carbocycles. The van der Waals surface area contributed by atoms with E-state index in [1.54, 1.807) is 7.11 Å². The number of hydrogen-bond acceptors (Lipinski definition) is 2. The van der Waals surface area contributed by atoms with Crippen LogP contribution in [0.1, 0.15) is 64.7 Å². The van der Waals surface area contributed by atoms with E-state index in [-0.39, 0.29) is 0 Å². The molecule has 1 aliphatic carbocycles. The van der Waals surface area contributed by atoms with Gasteiger partial charge in [0.2, 0.25) is 0 Å². The molecule has 0 amide bonds. The zero-order valence-electron chi connectivity index (χ0n) is 12.5. The maximum Gasteiger partial charge on any atom is 0.0700 e. The van der Waals surface area contributed by atoms with Crippen molar-refractivity contribution in [3.8, 4) is 0 Å². The highest BCUT2D eigenvalue weighted by atomic mass is 16.5. The van der Waals surface area contributed by atoms with Crippen LogP contribution in [0.25, 0.3) is 0 Å². The lowest BCUT2D eigenvalue weighted by molar-refractivity contribution is 0.0671. The highest BCUT2D eigenvalue weighted by Gasteiger charge is 2.35. The van der Waals surface area contributed by atoms with Crippen LogP contribution in [0, 0.1) is 11.8 Å². The molecule has 0 aromatic heterocycles. The highest BCUT2D eigenvalue weighted by molar-refractivity contribution is 4.85. The largest absolute Gasteiger partial charge is 0.382 e. The fourth-order valence-corrected chi connectivity index (χ4v) is 2.68. The summed E-state index contributed by atoms with van der Waals surface area (Å²) in [7, 11) is 1.72. The Labute approximate surface area is 113 Å². The molecule has 1 rings (SSSR count). The Hall–Kier alpha value is -0.0800. The molecule has 0 heterocycles. The van der Waals surface area contributed by atoms with E-state index in [1.165, 1.54) is 57.8 Å². The van der Waals surface area contributed by atoms with E-state index in [1.807, 2.05) is 0 Å². The van der Waals surface area contributed by atoms with Crippen molar-refractivity contribution in [2.75, 3.05) is 26.9 Å². The summed E-state index contributed by atoms with van der Waals surface area (Å²) < 4.78 is 10.5. The molecule has 18 heavy (non-hydrogen) atoms. The molecular formula is C16H32O2. The molecule has 0 N–H and O–H groups in total. The number of rotatable bonds is 13. The number of unbranched alkanes of at least 4 members (excludes halogenated alkanes) is 5. The summed E-state index contributed by atoms with van der Waals surface area (Å²) in [6.45, 7) is 4.70. The smallest absolute Gasteiger partial charge is 0.0700 e. The normalized spacial score (nSPS) is 22.3. The van der Waals surface area contributed by atoms with Gasteiger partial charge < -0.3 is 9.47 Å². The van der Waals surface area contributed by atoms with Gasteiger partial charge in [0, 0.05) is 13.7 Å². The topological polar surface area (TPSA) is 18.5 Å². The van der Waals surface area contributed by atoms with Gasteiger partial charge in [-0.15, -0.1) is 0 Å². The summed E-state index contributed by atoms with van der Waals surface area (Å²) >= 11 is 0. The van der Waals surface area contributed by atoms with Crippen molar-refractivity contribution in [1.29, 1.82) is 0 Å². The molecule has 0 aromatic carbocycles. The van der Waals surface area contributed by atoms with Crippen molar-refractivity contribution in [3.63, 3.8) is 0 Å². The average molecular weight is 256 g/mol. The minimum Gasteiger partial charge on any atom is -0.382 e. The summed E-state index contributed by atoms with van der Waals surface area (Å²) in [6, 6.07) is 0. The zero-order chi connectivity index (χ0) is 13.1. The first-order chi connectivity index (χ1) is 8.88. The maximum absolute atomic E-state index is 5.52. The third-order valence-electron chi connectivity index (χ3n) is 4.06. The second kappa shape index (κ2) is 10.8. The standard InChI is InChI=1S/C16H32O2/c1-3-4-5-6-7-8-9-15-14-16(15)10-11-18-13-12-17-2/h15-16H,3-14H2,1-2H3. The van der Waals surface area contributed by atoms with Gasteiger partial charge in [0.05, 0.1) is 13.2 Å². The lowest BCUT2D eigenvalue weighted by Crippen LogP contribution is -2.03. The first-order valence-electron chi connectivity index (χ1n) is 7.95. The van der Waals surface area contributed by atoms with E-state index < -0.39 is 0 Å². The number of hydrogen-bond donors (Lipinski definition) is 0. The summed E-state index contributed by atoms with van der Waals surface area (Å²) in [5.41, 5.74) is 0. The van der Waals surface area contributed by atoms with Crippen molar-refractivity contribution >= 4 is 0 Å². The fraction of sp³-hybridized carbons (Fsp3) is 1.00. The number of methoxy groups -OCH3 is 1. The van der Waals surface area contributed by atoms with Crippen molar-refractivity contribution in [2.24, 2.45) is 11.8 Å². The van der Waals surface area contributed by atoms with Crippen LogP contribution in [0.5, 0.6) is 0 Å². The van der Waals surface area contributed by atoms with E-state index in [0.29, 0.717) is 0 Å². The molecule has 0 aromatic rings. The van der Waals surface area contributed by atoms with Crippen LogP contribution in [0.2, 0.25) is 0 Å². The molecular weight excluding hydrogens is 224 g/mol. The zero-order valence-corrected chi connectivity index (χ0v) is 12.5. The molecule has 2 nitrogen and oxygen atoms in total.